The first kappa shape index (κ1) is 27.8. The highest BCUT2D eigenvalue weighted by Gasteiger charge is 2.24. The van der Waals surface area contributed by atoms with Crippen molar-refractivity contribution in [1.29, 1.82) is 0 Å². The van der Waals surface area contributed by atoms with Crippen molar-refractivity contribution in [3.63, 3.8) is 0 Å². The first-order valence-electron chi connectivity index (χ1n) is 12.7. The SMILES string of the molecule is CN=C/C(Oc1cc2cc(O)c(CN)cc2[nH]1)=C(/N)C(C)C(C)c1cnc(OC2=C(F)CCC=C2F)cc1C. The van der Waals surface area contributed by atoms with E-state index in [0.717, 1.165) is 22.0 Å². The molecule has 1 aliphatic rings. The normalized spacial score (nSPS) is 16.3. The monoisotopic (exact) mass is 537 g/mol. The Balaban J connectivity index is 1.56. The van der Waals surface area contributed by atoms with Gasteiger partial charge in [-0.15, -0.1) is 0 Å². The fraction of sp³-hybridized carbons (Fsp3) is 0.310. The lowest BCUT2D eigenvalue weighted by Crippen LogP contribution is -2.21. The fourth-order valence-corrected chi connectivity index (χ4v) is 4.51. The molecule has 0 aliphatic heterocycles. The molecule has 1 aliphatic carbocycles. The third-order valence-corrected chi connectivity index (χ3v) is 6.98. The van der Waals surface area contributed by atoms with Gasteiger partial charge in [-0.1, -0.05) is 13.8 Å². The van der Waals surface area contributed by atoms with E-state index in [1.54, 1.807) is 43.7 Å². The summed E-state index contributed by atoms with van der Waals surface area (Å²) >= 11 is 0. The molecule has 10 heteroatoms. The summed E-state index contributed by atoms with van der Waals surface area (Å²) in [6.45, 7) is 6.06. The number of nitrogens with one attached hydrogen (secondary N) is 1. The summed E-state index contributed by atoms with van der Waals surface area (Å²) in [5, 5.41) is 10.9. The first-order valence-corrected chi connectivity index (χ1v) is 12.7. The Kier molecular flexibility index (Phi) is 8.35. The number of halogens is 2. The highest BCUT2D eigenvalue weighted by atomic mass is 19.1. The number of aromatic amines is 1. The van der Waals surface area contributed by atoms with Gasteiger partial charge < -0.3 is 31.0 Å². The highest BCUT2D eigenvalue weighted by Crippen LogP contribution is 2.34. The van der Waals surface area contributed by atoms with Crippen LogP contribution in [0.5, 0.6) is 17.5 Å². The number of allylic oxidation sites excluding steroid dienone is 5. The number of H-pyrrole nitrogens is 1. The number of phenolic OH excluding ortho intramolecular Hbond substituents is 1. The minimum atomic E-state index is -0.723. The largest absolute Gasteiger partial charge is 0.508 e. The molecule has 4 rings (SSSR count). The van der Waals surface area contributed by atoms with E-state index in [-0.39, 0.29) is 36.4 Å². The smallest absolute Gasteiger partial charge is 0.219 e. The van der Waals surface area contributed by atoms with E-state index in [1.807, 2.05) is 20.8 Å². The van der Waals surface area contributed by atoms with E-state index < -0.39 is 17.4 Å². The molecule has 0 radical (unpaired) electrons. The number of rotatable bonds is 9. The summed E-state index contributed by atoms with van der Waals surface area (Å²) in [5.41, 5.74) is 15.9. The number of phenols is 1. The lowest BCUT2D eigenvalue weighted by Gasteiger charge is -2.24. The van der Waals surface area contributed by atoms with Crippen LogP contribution in [0.2, 0.25) is 0 Å². The van der Waals surface area contributed by atoms with Gasteiger partial charge in [-0.2, -0.15) is 0 Å². The fourth-order valence-electron chi connectivity index (χ4n) is 4.51. The van der Waals surface area contributed by atoms with Crippen LogP contribution >= 0.6 is 0 Å². The number of benzene rings is 1. The molecular weight excluding hydrogens is 504 g/mol. The molecule has 0 spiro atoms. The number of hydrogen-bond donors (Lipinski definition) is 4. The number of hydrogen-bond acceptors (Lipinski definition) is 7. The van der Waals surface area contributed by atoms with E-state index in [1.165, 1.54) is 6.08 Å². The molecule has 2 unspecified atom stereocenters. The zero-order chi connectivity index (χ0) is 28.3. The summed E-state index contributed by atoms with van der Waals surface area (Å²) in [5.74, 6) is -1.02. The predicted molar refractivity (Wildman–Crippen MR) is 148 cm³/mol. The predicted octanol–water partition coefficient (Wildman–Crippen LogP) is 5.93. The van der Waals surface area contributed by atoms with Crippen LogP contribution in [-0.2, 0) is 6.54 Å². The van der Waals surface area contributed by atoms with Gasteiger partial charge in [-0.3, -0.25) is 4.99 Å². The van der Waals surface area contributed by atoms with E-state index in [4.69, 9.17) is 20.9 Å². The Morgan fingerprint density at radius 3 is 2.69 bits per heavy atom. The van der Waals surface area contributed by atoms with Gasteiger partial charge in [0, 0.05) is 60.7 Å². The van der Waals surface area contributed by atoms with Crippen molar-refractivity contribution in [3.8, 4) is 17.5 Å². The highest BCUT2D eigenvalue weighted by molar-refractivity contribution is 5.84. The third kappa shape index (κ3) is 5.96. The van der Waals surface area contributed by atoms with Crippen LogP contribution in [0.15, 0.2) is 70.4 Å². The quantitative estimate of drug-likeness (QED) is 0.198. The Morgan fingerprint density at radius 2 is 2.03 bits per heavy atom. The number of fused-ring (bicyclic) bond motifs is 1. The summed E-state index contributed by atoms with van der Waals surface area (Å²) in [7, 11) is 1.62. The number of nitrogens with two attached hydrogens (primary N) is 2. The summed E-state index contributed by atoms with van der Waals surface area (Å²) < 4.78 is 39.7. The van der Waals surface area contributed by atoms with Gasteiger partial charge in [0.2, 0.25) is 5.88 Å². The van der Waals surface area contributed by atoms with Crippen molar-refractivity contribution in [1.82, 2.24) is 9.97 Å². The number of aliphatic imine (C=N–C) groups is 1. The van der Waals surface area contributed by atoms with E-state index in [9.17, 15) is 13.9 Å². The van der Waals surface area contributed by atoms with Crippen LogP contribution < -0.4 is 20.9 Å². The maximum absolute atomic E-state index is 14.1. The van der Waals surface area contributed by atoms with Crippen LogP contribution in [0.3, 0.4) is 0 Å². The topological polar surface area (TPSA) is 132 Å². The van der Waals surface area contributed by atoms with Gasteiger partial charge in [-0.25, -0.2) is 13.8 Å². The molecule has 2 aromatic heterocycles. The van der Waals surface area contributed by atoms with Gasteiger partial charge in [0.15, 0.2) is 23.2 Å². The van der Waals surface area contributed by atoms with Crippen LogP contribution in [-0.4, -0.2) is 28.3 Å². The molecule has 2 atom stereocenters. The Hall–Kier alpha value is -4.18. The van der Waals surface area contributed by atoms with Crippen molar-refractivity contribution in [2.75, 3.05) is 7.05 Å². The molecule has 6 N–H and O–H groups in total. The molecule has 206 valence electrons. The van der Waals surface area contributed by atoms with Crippen LogP contribution in [0, 0.1) is 12.8 Å². The standard InChI is InChI=1S/C29H33F2N5O3/c1-15-8-26(39-29-21(30)6-5-7-22(29)31)35-13-20(15)16(2)17(3)28(33)25(14-34-4)38-27-11-18-10-24(37)19(12-32)9-23(18)36-27/h6,8-11,13-14,16-17,36-37H,5,7,12,32-33H2,1-4H3/b28-25-,34-14?. The number of pyridine rings is 1. The first-order chi connectivity index (χ1) is 18.6. The second-order valence-corrected chi connectivity index (χ2v) is 9.60. The average molecular weight is 538 g/mol. The van der Waals surface area contributed by atoms with Crippen molar-refractivity contribution in [2.24, 2.45) is 22.4 Å². The molecule has 8 nitrogen and oxygen atoms in total. The number of nitrogens with zero attached hydrogens (tertiary/aromatic N) is 2. The molecule has 0 saturated heterocycles. The van der Waals surface area contributed by atoms with E-state index in [0.29, 0.717) is 29.3 Å². The number of aromatic nitrogens is 2. The lowest BCUT2D eigenvalue weighted by molar-refractivity contribution is 0.351. The van der Waals surface area contributed by atoms with Gasteiger partial charge in [0.05, 0.1) is 11.9 Å². The number of aryl methyl sites for hydroxylation is 1. The molecule has 3 aromatic rings. The maximum Gasteiger partial charge on any atom is 0.219 e. The van der Waals surface area contributed by atoms with Crippen molar-refractivity contribution < 1.29 is 23.4 Å². The molecule has 0 amide bonds. The Bertz CT molecular complexity index is 1510. The molecule has 0 bridgehead atoms. The van der Waals surface area contributed by atoms with Gasteiger partial charge in [-0.05, 0) is 48.6 Å². The van der Waals surface area contributed by atoms with Crippen LogP contribution in [0.4, 0.5) is 8.78 Å². The van der Waals surface area contributed by atoms with Gasteiger partial charge >= 0.3 is 0 Å². The molecule has 2 heterocycles. The summed E-state index contributed by atoms with van der Waals surface area (Å²) in [6, 6.07) is 6.81. The number of aromatic hydroxyl groups is 1. The zero-order valence-corrected chi connectivity index (χ0v) is 22.4. The second-order valence-electron chi connectivity index (χ2n) is 9.60. The number of ether oxygens (including phenoxy) is 2. The zero-order valence-electron chi connectivity index (χ0n) is 22.4. The van der Waals surface area contributed by atoms with Crippen molar-refractivity contribution in [2.45, 2.75) is 46.1 Å². The molecule has 1 aromatic carbocycles. The van der Waals surface area contributed by atoms with Crippen LogP contribution in [0.25, 0.3) is 10.9 Å². The minimum Gasteiger partial charge on any atom is -0.508 e. The molecule has 39 heavy (non-hydrogen) atoms. The second kappa shape index (κ2) is 11.7. The van der Waals surface area contributed by atoms with Crippen molar-refractivity contribution in [3.05, 3.63) is 82.1 Å². The molecule has 0 saturated carbocycles. The van der Waals surface area contributed by atoms with Crippen molar-refractivity contribution >= 4 is 17.1 Å². The van der Waals surface area contributed by atoms with E-state index >= 15 is 0 Å². The third-order valence-electron chi connectivity index (χ3n) is 6.98. The average Bonchev–Trinajstić information content (AvgIpc) is 3.29. The lowest BCUT2D eigenvalue weighted by atomic mass is 9.85. The van der Waals surface area contributed by atoms with Gasteiger partial charge in [0.25, 0.3) is 0 Å². The summed E-state index contributed by atoms with van der Waals surface area (Å²) in [6.07, 6.45) is 4.88. The van der Waals surface area contributed by atoms with E-state index in [2.05, 4.69) is 15.0 Å². The van der Waals surface area contributed by atoms with Gasteiger partial charge in [0.1, 0.15) is 11.6 Å². The Labute approximate surface area is 225 Å². The maximum atomic E-state index is 14.1. The molecule has 0 fully saturated rings. The Morgan fingerprint density at radius 1 is 1.26 bits per heavy atom. The summed E-state index contributed by atoms with van der Waals surface area (Å²) in [4.78, 5) is 11.6. The van der Waals surface area contributed by atoms with Crippen LogP contribution in [0.1, 0.15) is 49.3 Å². The minimum absolute atomic E-state index is 0.0931. The molecular formula is C29H33F2N5O3.